The van der Waals surface area contributed by atoms with Crippen molar-refractivity contribution in [2.75, 3.05) is 24.6 Å². The van der Waals surface area contributed by atoms with E-state index in [1.807, 2.05) is 59.7 Å². The van der Waals surface area contributed by atoms with Crippen molar-refractivity contribution in [3.8, 4) is 17.1 Å². The van der Waals surface area contributed by atoms with Crippen molar-refractivity contribution < 1.29 is 9.47 Å². The zero-order valence-electron chi connectivity index (χ0n) is 24.5. The summed E-state index contributed by atoms with van der Waals surface area (Å²) in [7, 11) is 1.94. The lowest BCUT2D eigenvalue weighted by Crippen LogP contribution is -2.69. The molecule has 0 aliphatic carbocycles. The molecule has 2 saturated heterocycles. The Bertz CT molecular complexity index is 1770. The lowest BCUT2D eigenvalue weighted by molar-refractivity contribution is -0.0365. The first-order chi connectivity index (χ1) is 21.3. The Morgan fingerprint density at radius 1 is 1.09 bits per heavy atom. The number of ether oxygens (including phenoxy) is 2. The third-order valence-electron chi connectivity index (χ3n) is 8.40. The topological polar surface area (TPSA) is 122 Å². The third kappa shape index (κ3) is 5.49. The van der Waals surface area contributed by atoms with E-state index in [1.165, 1.54) is 0 Å². The minimum absolute atomic E-state index is 0.148. The first kappa shape index (κ1) is 29.0. The van der Waals surface area contributed by atoms with E-state index in [1.54, 1.807) is 18.6 Å². The highest BCUT2D eigenvalue weighted by molar-refractivity contribution is 6.35. The van der Waals surface area contributed by atoms with Gasteiger partial charge in [0.25, 0.3) is 0 Å². The number of aromatic nitrogens is 7. The van der Waals surface area contributed by atoms with Crippen LogP contribution < -0.4 is 15.4 Å². The molecule has 2 atom stereocenters. The molecule has 228 valence electrons. The fourth-order valence-electron chi connectivity index (χ4n) is 6.13. The van der Waals surface area contributed by atoms with Crippen LogP contribution in [0.15, 0.2) is 55.0 Å². The molecule has 7 rings (SSSR count). The molecular weight excluding hydrogens is 601 g/mol. The fraction of sp³-hybridized carbons (Fsp3) is 0.387. The summed E-state index contributed by atoms with van der Waals surface area (Å²) in [6.07, 6.45) is 8.15. The minimum atomic E-state index is -0.404. The second-order valence-corrected chi connectivity index (χ2v) is 12.5. The van der Waals surface area contributed by atoms with Crippen molar-refractivity contribution in [1.29, 1.82) is 0 Å². The van der Waals surface area contributed by atoms with Gasteiger partial charge in [0.15, 0.2) is 12.0 Å². The molecule has 13 heteroatoms. The van der Waals surface area contributed by atoms with Gasteiger partial charge >= 0.3 is 0 Å². The Labute approximate surface area is 264 Å². The van der Waals surface area contributed by atoms with Crippen LogP contribution >= 0.6 is 23.2 Å². The summed E-state index contributed by atoms with van der Waals surface area (Å²) in [5.41, 5.74) is 10.4. The number of aryl methyl sites for hydroxylation is 1. The number of anilines is 1. The number of benzene rings is 1. The van der Waals surface area contributed by atoms with E-state index in [-0.39, 0.29) is 11.8 Å². The number of nitrogens with two attached hydrogens (primary N) is 1. The summed E-state index contributed by atoms with van der Waals surface area (Å²) in [6.45, 7) is 3.99. The number of nitrogens with zero attached hydrogens (tertiary/aromatic N) is 8. The maximum atomic E-state index is 6.66. The highest BCUT2D eigenvalue weighted by Crippen LogP contribution is 2.37. The summed E-state index contributed by atoms with van der Waals surface area (Å²) >= 11 is 12.8. The lowest BCUT2D eigenvalue weighted by atomic mass is 9.86. The summed E-state index contributed by atoms with van der Waals surface area (Å²) in [4.78, 5) is 6.19. The monoisotopic (exact) mass is 633 g/mol. The Morgan fingerprint density at radius 3 is 2.59 bits per heavy atom. The molecule has 6 heterocycles. The molecule has 2 aliphatic rings. The maximum Gasteiger partial charge on any atom is 0.151 e. The molecule has 11 nitrogen and oxygen atoms in total. The quantitative estimate of drug-likeness (QED) is 0.235. The van der Waals surface area contributed by atoms with Gasteiger partial charge in [-0.25, -0.2) is 4.68 Å². The molecule has 0 amide bonds. The molecule has 2 N–H and O–H groups in total. The fourth-order valence-corrected chi connectivity index (χ4v) is 6.81. The normalized spacial score (nSPS) is 18.8. The molecule has 2 aliphatic heterocycles. The van der Waals surface area contributed by atoms with E-state index in [4.69, 9.17) is 43.5 Å². The summed E-state index contributed by atoms with van der Waals surface area (Å²) in [6, 6.07) is 11.9. The molecule has 44 heavy (non-hydrogen) atoms. The van der Waals surface area contributed by atoms with Crippen LogP contribution in [0.5, 0.6) is 5.75 Å². The number of halogens is 2. The molecule has 5 aromatic rings. The highest BCUT2D eigenvalue weighted by Gasteiger charge is 2.41. The van der Waals surface area contributed by atoms with E-state index in [0.29, 0.717) is 52.4 Å². The minimum Gasteiger partial charge on any atom is -0.486 e. The van der Waals surface area contributed by atoms with Crippen LogP contribution in [0.1, 0.15) is 49.8 Å². The van der Waals surface area contributed by atoms with Crippen molar-refractivity contribution in [1.82, 2.24) is 34.7 Å². The largest absolute Gasteiger partial charge is 0.486 e. The van der Waals surface area contributed by atoms with E-state index < -0.39 is 6.10 Å². The molecule has 0 radical (unpaired) electrons. The first-order valence-corrected chi connectivity index (χ1v) is 15.5. The Balaban J connectivity index is 1.16. The summed E-state index contributed by atoms with van der Waals surface area (Å²) in [5, 5.41) is 20.3. The second kappa shape index (κ2) is 11.6. The van der Waals surface area contributed by atoms with Crippen molar-refractivity contribution in [2.24, 2.45) is 12.8 Å². The van der Waals surface area contributed by atoms with Crippen molar-refractivity contribution >= 4 is 39.9 Å². The SMILES string of the molecule is C[C@@H](Oc1ccc2c(c1)c(-c1ccc(N3CC(N)(Cc4ccnn4C)C3)nn1)nn2C1CCCCO1)c1c(Cl)cncc1Cl. The van der Waals surface area contributed by atoms with Gasteiger partial charge in [-0.1, -0.05) is 23.2 Å². The van der Waals surface area contributed by atoms with Gasteiger partial charge in [-0.2, -0.15) is 10.2 Å². The van der Waals surface area contributed by atoms with E-state index in [2.05, 4.69) is 25.2 Å². The van der Waals surface area contributed by atoms with Gasteiger partial charge in [-0.3, -0.25) is 9.67 Å². The molecule has 2 fully saturated rings. The van der Waals surface area contributed by atoms with Gasteiger partial charge in [0.2, 0.25) is 0 Å². The second-order valence-electron chi connectivity index (χ2n) is 11.7. The molecular formula is C31H33Cl2N9O2. The molecule has 1 aromatic carbocycles. The number of rotatable bonds is 8. The molecule has 0 saturated carbocycles. The van der Waals surface area contributed by atoms with Gasteiger partial charge in [0.05, 0.1) is 21.1 Å². The number of hydrogen-bond donors (Lipinski definition) is 1. The third-order valence-corrected chi connectivity index (χ3v) is 9.00. The van der Waals surface area contributed by atoms with Gasteiger partial charge < -0.3 is 20.1 Å². The maximum absolute atomic E-state index is 6.66. The molecule has 0 spiro atoms. The first-order valence-electron chi connectivity index (χ1n) is 14.7. The Kier molecular flexibility index (Phi) is 7.65. The van der Waals surface area contributed by atoms with Gasteiger partial charge in [-0.15, -0.1) is 10.2 Å². The summed E-state index contributed by atoms with van der Waals surface area (Å²) in [5.74, 6) is 1.43. The predicted molar refractivity (Wildman–Crippen MR) is 169 cm³/mol. The summed E-state index contributed by atoms with van der Waals surface area (Å²) < 4.78 is 16.3. The Hall–Kier alpha value is -3.77. The standard InChI is InChI=1S/C31H33Cl2N9O2/c1-19(29-23(32)15-35-16-24(29)33)44-21-6-8-26-22(13-21)30(39-42(26)28-5-3-4-12-43-28)25-7-9-27(38-37-25)41-17-31(34,18-41)14-20-10-11-36-40(20)2/h6-11,13,15-16,19,28H,3-5,12,14,17-18,34H2,1-2H3/t19-,28?/m1/s1. The van der Waals surface area contributed by atoms with E-state index >= 15 is 0 Å². The van der Waals surface area contributed by atoms with E-state index in [9.17, 15) is 0 Å². The van der Waals surface area contributed by atoms with Crippen LogP contribution in [-0.4, -0.2) is 60.0 Å². The molecule has 0 bridgehead atoms. The highest BCUT2D eigenvalue weighted by atomic mass is 35.5. The van der Waals surface area contributed by atoms with Gasteiger partial charge in [-0.05, 0) is 62.6 Å². The van der Waals surface area contributed by atoms with Gasteiger partial charge in [0, 0.05) is 68.4 Å². The lowest BCUT2D eigenvalue weighted by Gasteiger charge is -2.48. The smallest absolute Gasteiger partial charge is 0.151 e. The van der Waals surface area contributed by atoms with Crippen LogP contribution in [0.4, 0.5) is 5.82 Å². The van der Waals surface area contributed by atoms with Gasteiger partial charge in [0.1, 0.15) is 23.2 Å². The van der Waals surface area contributed by atoms with E-state index in [0.717, 1.165) is 48.1 Å². The van der Waals surface area contributed by atoms with Crippen LogP contribution in [0.3, 0.4) is 0 Å². The zero-order valence-corrected chi connectivity index (χ0v) is 26.0. The zero-order chi connectivity index (χ0) is 30.4. The number of hydrogen-bond acceptors (Lipinski definition) is 9. The van der Waals surface area contributed by atoms with Crippen molar-refractivity contribution in [3.63, 3.8) is 0 Å². The molecule has 4 aromatic heterocycles. The predicted octanol–water partition coefficient (Wildman–Crippen LogP) is 5.53. The Morgan fingerprint density at radius 2 is 1.91 bits per heavy atom. The van der Waals surface area contributed by atoms with Crippen LogP contribution in [0, 0.1) is 0 Å². The van der Waals surface area contributed by atoms with Crippen molar-refractivity contribution in [3.05, 3.63) is 76.3 Å². The average Bonchev–Trinajstić information content (AvgIpc) is 3.59. The van der Waals surface area contributed by atoms with Crippen molar-refractivity contribution in [2.45, 2.75) is 50.5 Å². The van der Waals surface area contributed by atoms with Crippen LogP contribution in [0.25, 0.3) is 22.3 Å². The van der Waals surface area contributed by atoms with Crippen LogP contribution in [0.2, 0.25) is 10.0 Å². The number of fused-ring (bicyclic) bond motifs is 1. The van der Waals surface area contributed by atoms with Crippen LogP contribution in [-0.2, 0) is 18.2 Å². The number of pyridine rings is 1. The average molecular weight is 635 g/mol. The molecule has 1 unspecified atom stereocenters.